The van der Waals surface area contributed by atoms with E-state index in [-0.39, 0.29) is 0 Å². The van der Waals surface area contributed by atoms with E-state index >= 15 is 0 Å². The average Bonchev–Trinajstić information content (AvgIpc) is 2.58. The van der Waals surface area contributed by atoms with Gasteiger partial charge in [0.25, 0.3) is 0 Å². The second-order valence-corrected chi connectivity index (χ2v) is 6.64. The van der Waals surface area contributed by atoms with Crippen LogP contribution in [0.1, 0.15) is 30.7 Å². The Morgan fingerprint density at radius 1 is 0.957 bits per heavy atom. The number of hydrogen-bond acceptors (Lipinski definition) is 1. The Labute approximate surface area is 144 Å². The minimum absolute atomic E-state index is 0.433. The van der Waals surface area contributed by atoms with Crippen molar-refractivity contribution in [3.8, 4) is 0 Å². The molecular formula is C20H19BrO2. The number of rotatable bonds is 6. The Hall–Kier alpha value is -1.87. The van der Waals surface area contributed by atoms with Gasteiger partial charge in [0.15, 0.2) is 0 Å². The Morgan fingerprint density at radius 3 is 2.39 bits per heavy atom. The molecule has 1 unspecified atom stereocenters. The summed E-state index contributed by atoms with van der Waals surface area (Å²) in [7, 11) is 0. The summed E-state index contributed by atoms with van der Waals surface area (Å²) in [5.41, 5.74) is 0.899. The van der Waals surface area contributed by atoms with Gasteiger partial charge in [-0.3, -0.25) is 4.79 Å². The van der Waals surface area contributed by atoms with Crippen molar-refractivity contribution in [2.24, 2.45) is 0 Å². The van der Waals surface area contributed by atoms with Crippen LogP contribution in [0.4, 0.5) is 0 Å². The number of alkyl halides is 1. The molecule has 3 rings (SSSR count). The molecule has 0 saturated carbocycles. The second-order valence-electron chi connectivity index (χ2n) is 5.84. The Morgan fingerprint density at radius 2 is 1.65 bits per heavy atom. The summed E-state index contributed by atoms with van der Waals surface area (Å²) in [6.45, 7) is 0. The molecule has 0 bridgehead atoms. The standard InChI is InChI=1S/C20H19BrO2/c21-12-4-3-7-18(20(22)23)16-11-10-15-9-8-14-5-1-2-6-17(14)19(15)13-16/h1-2,5-6,8-11,13,18H,3-4,7,12H2,(H,22,23). The highest BCUT2D eigenvalue weighted by molar-refractivity contribution is 9.09. The molecule has 3 aromatic rings. The summed E-state index contributed by atoms with van der Waals surface area (Å²) in [5, 5.41) is 15.2. The number of carbonyl (C=O) groups is 1. The summed E-state index contributed by atoms with van der Waals surface area (Å²) in [5.74, 6) is -1.17. The van der Waals surface area contributed by atoms with Crippen LogP contribution in [0, 0.1) is 0 Å². The van der Waals surface area contributed by atoms with E-state index in [1.807, 2.05) is 24.3 Å². The van der Waals surface area contributed by atoms with Crippen molar-refractivity contribution in [1.29, 1.82) is 0 Å². The molecule has 0 heterocycles. The van der Waals surface area contributed by atoms with Crippen molar-refractivity contribution in [3.63, 3.8) is 0 Å². The maximum Gasteiger partial charge on any atom is 0.310 e. The molecular weight excluding hydrogens is 352 g/mol. The van der Waals surface area contributed by atoms with Gasteiger partial charge in [0.1, 0.15) is 0 Å². The van der Waals surface area contributed by atoms with E-state index in [1.165, 1.54) is 10.8 Å². The van der Waals surface area contributed by atoms with Gasteiger partial charge in [-0.15, -0.1) is 0 Å². The van der Waals surface area contributed by atoms with Crippen molar-refractivity contribution in [2.75, 3.05) is 5.33 Å². The molecule has 23 heavy (non-hydrogen) atoms. The number of benzene rings is 3. The highest BCUT2D eigenvalue weighted by atomic mass is 79.9. The highest BCUT2D eigenvalue weighted by Gasteiger charge is 2.19. The maximum atomic E-state index is 11.7. The van der Waals surface area contributed by atoms with Crippen LogP contribution >= 0.6 is 15.9 Å². The lowest BCUT2D eigenvalue weighted by Gasteiger charge is -2.14. The molecule has 2 nitrogen and oxygen atoms in total. The first kappa shape index (κ1) is 16.0. The zero-order valence-corrected chi connectivity index (χ0v) is 14.4. The Bertz CT molecular complexity index is 841. The summed E-state index contributed by atoms with van der Waals surface area (Å²) in [6, 6.07) is 18.5. The summed E-state index contributed by atoms with van der Waals surface area (Å²) in [4.78, 5) is 11.7. The summed E-state index contributed by atoms with van der Waals surface area (Å²) < 4.78 is 0. The number of aliphatic carboxylic acids is 1. The number of unbranched alkanes of at least 4 members (excludes halogenated alkanes) is 1. The van der Waals surface area contributed by atoms with Crippen LogP contribution in [-0.4, -0.2) is 16.4 Å². The molecule has 0 radical (unpaired) electrons. The SMILES string of the molecule is O=C(O)C(CCCCBr)c1ccc2ccc3ccccc3c2c1. The molecule has 0 spiro atoms. The van der Waals surface area contributed by atoms with Crippen LogP contribution in [0.25, 0.3) is 21.5 Å². The van der Waals surface area contributed by atoms with E-state index < -0.39 is 11.9 Å². The van der Waals surface area contributed by atoms with Gasteiger partial charge in [-0.05, 0) is 46.0 Å². The lowest BCUT2D eigenvalue weighted by molar-refractivity contribution is -0.139. The van der Waals surface area contributed by atoms with Gasteiger partial charge in [-0.25, -0.2) is 0 Å². The van der Waals surface area contributed by atoms with Crippen molar-refractivity contribution in [3.05, 3.63) is 60.2 Å². The fraction of sp³-hybridized carbons (Fsp3) is 0.250. The fourth-order valence-corrected chi connectivity index (χ4v) is 3.51. The third kappa shape index (κ3) is 3.40. The zero-order chi connectivity index (χ0) is 16.2. The van der Waals surface area contributed by atoms with Gasteiger partial charge in [0.05, 0.1) is 5.92 Å². The Balaban J connectivity index is 2.06. The van der Waals surface area contributed by atoms with Crippen molar-refractivity contribution >= 4 is 43.4 Å². The van der Waals surface area contributed by atoms with Crippen molar-refractivity contribution in [2.45, 2.75) is 25.2 Å². The van der Waals surface area contributed by atoms with Crippen molar-refractivity contribution < 1.29 is 9.90 Å². The average molecular weight is 371 g/mol. The molecule has 0 amide bonds. The van der Waals surface area contributed by atoms with Gasteiger partial charge in [0, 0.05) is 5.33 Å². The van der Waals surface area contributed by atoms with Crippen LogP contribution < -0.4 is 0 Å². The molecule has 3 aromatic carbocycles. The monoisotopic (exact) mass is 370 g/mol. The summed E-state index contributed by atoms with van der Waals surface area (Å²) in [6.07, 6.45) is 2.59. The van der Waals surface area contributed by atoms with E-state index in [4.69, 9.17) is 0 Å². The van der Waals surface area contributed by atoms with Gasteiger partial charge in [0.2, 0.25) is 0 Å². The van der Waals surface area contributed by atoms with E-state index in [1.54, 1.807) is 0 Å². The smallest absolute Gasteiger partial charge is 0.310 e. The number of carboxylic acids is 1. The summed E-state index contributed by atoms with van der Waals surface area (Å²) >= 11 is 3.41. The van der Waals surface area contributed by atoms with Crippen LogP contribution in [0.5, 0.6) is 0 Å². The minimum atomic E-state index is -0.737. The third-order valence-electron chi connectivity index (χ3n) is 4.35. The van der Waals surface area contributed by atoms with Crippen LogP contribution in [0.15, 0.2) is 54.6 Å². The number of carboxylic acid groups (broad SMARTS) is 1. The minimum Gasteiger partial charge on any atom is -0.481 e. The number of halogens is 1. The molecule has 0 fully saturated rings. The lowest BCUT2D eigenvalue weighted by atomic mass is 9.91. The first-order valence-corrected chi connectivity index (χ1v) is 9.03. The largest absolute Gasteiger partial charge is 0.481 e. The molecule has 0 aliphatic heterocycles. The molecule has 1 N–H and O–H groups in total. The van der Waals surface area contributed by atoms with Gasteiger partial charge in [-0.2, -0.15) is 0 Å². The van der Waals surface area contributed by atoms with Crippen LogP contribution in [0.3, 0.4) is 0 Å². The first-order chi connectivity index (χ1) is 11.2. The zero-order valence-electron chi connectivity index (χ0n) is 12.8. The van der Waals surface area contributed by atoms with Gasteiger partial charge in [-0.1, -0.05) is 70.9 Å². The number of fused-ring (bicyclic) bond motifs is 3. The second kappa shape index (κ2) is 7.14. The maximum absolute atomic E-state index is 11.7. The number of hydrogen-bond donors (Lipinski definition) is 1. The predicted molar refractivity (Wildman–Crippen MR) is 99.5 cm³/mol. The van der Waals surface area contributed by atoms with Gasteiger partial charge >= 0.3 is 5.97 Å². The van der Waals surface area contributed by atoms with Crippen LogP contribution in [0.2, 0.25) is 0 Å². The third-order valence-corrected chi connectivity index (χ3v) is 4.91. The molecule has 1 atom stereocenters. The molecule has 0 aromatic heterocycles. The molecule has 3 heteroatoms. The topological polar surface area (TPSA) is 37.3 Å². The normalized spacial score (nSPS) is 12.6. The van der Waals surface area contributed by atoms with E-state index in [0.29, 0.717) is 6.42 Å². The van der Waals surface area contributed by atoms with E-state index in [2.05, 4.69) is 46.3 Å². The Kier molecular flexibility index (Phi) is 4.97. The predicted octanol–water partition coefficient (Wildman–Crippen LogP) is 5.73. The molecule has 118 valence electrons. The van der Waals surface area contributed by atoms with E-state index in [0.717, 1.165) is 34.5 Å². The fourth-order valence-electron chi connectivity index (χ4n) is 3.11. The highest BCUT2D eigenvalue weighted by Crippen LogP contribution is 2.30. The van der Waals surface area contributed by atoms with Gasteiger partial charge < -0.3 is 5.11 Å². The molecule has 0 aliphatic rings. The van der Waals surface area contributed by atoms with Crippen molar-refractivity contribution in [1.82, 2.24) is 0 Å². The van der Waals surface area contributed by atoms with Crippen LogP contribution in [-0.2, 0) is 4.79 Å². The first-order valence-electron chi connectivity index (χ1n) is 7.91. The lowest BCUT2D eigenvalue weighted by Crippen LogP contribution is -2.11. The quantitative estimate of drug-likeness (QED) is 0.342. The van der Waals surface area contributed by atoms with E-state index in [9.17, 15) is 9.90 Å². The molecule has 0 aliphatic carbocycles. The molecule has 0 saturated heterocycles.